The van der Waals surface area contributed by atoms with Gasteiger partial charge < -0.3 is 27.1 Å². The summed E-state index contributed by atoms with van der Waals surface area (Å²) in [6, 6.07) is 2.64. The third kappa shape index (κ3) is 4.47. The average Bonchev–Trinajstić information content (AvgIpc) is 3.52. The molecule has 14 nitrogen and oxygen atoms in total. The third-order valence-electron chi connectivity index (χ3n) is 5.49. The van der Waals surface area contributed by atoms with Crippen molar-refractivity contribution in [1.82, 2.24) is 29.8 Å². The van der Waals surface area contributed by atoms with Crippen LogP contribution in [0.3, 0.4) is 0 Å². The molecule has 2 aliphatic heterocycles. The van der Waals surface area contributed by atoms with Crippen molar-refractivity contribution in [2.24, 2.45) is 5.16 Å². The number of hydrogen-bond acceptors (Lipinski definition) is 13. The predicted molar refractivity (Wildman–Crippen MR) is 138 cm³/mol. The standard InChI is InChI=1S/C20H17N9O5S3/c21-10-3-8(4-11-9(10)5-23-26-11)35-2-1-7-6-36-18-13(17(31)29(18)14(7)19(32)33)24-16(30)12(27-34)15-25-20(22)37-28-15/h1-5,13,18,34H,6,21H2,(H,23,26)(H,24,30)(H,32,33)(H2,22,25,28)/b2-1+,27-12+/t13-,18-/m1/s1. The third-order valence-corrected chi connectivity index (χ3v) is 8.12. The summed E-state index contributed by atoms with van der Waals surface area (Å²) in [4.78, 5) is 43.3. The molecule has 0 bridgehead atoms. The summed E-state index contributed by atoms with van der Waals surface area (Å²) in [7, 11) is 0. The Hall–Kier alpha value is -4.09. The van der Waals surface area contributed by atoms with Crippen LogP contribution in [0.5, 0.6) is 0 Å². The Morgan fingerprint density at radius 2 is 2.16 bits per heavy atom. The molecule has 0 spiro atoms. The topological polar surface area (TPSA) is 226 Å². The lowest BCUT2D eigenvalue weighted by Gasteiger charge is -2.49. The molecule has 0 aliphatic carbocycles. The zero-order chi connectivity index (χ0) is 26.3. The Morgan fingerprint density at radius 3 is 2.86 bits per heavy atom. The van der Waals surface area contributed by atoms with Gasteiger partial charge in [0.15, 0.2) is 5.13 Å². The summed E-state index contributed by atoms with van der Waals surface area (Å²) in [6.45, 7) is 0. The van der Waals surface area contributed by atoms with Crippen molar-refractivity contribution in [3.63, 3.8) is 0 Å². The van der Waals surface area contributed by atoms with Crippen LogP contribution in [0.1, 0.15) is 5.82 Å². The number of carbonyl (C=O) groups excluding carboxylic acids is 2. The van der Waals surface area contributed by atoms with Crippen LogP contribution in [0.25, 0.3) is 10.9 Å². The molecule has 1 saturated heterocycles. The summed E-state index contributed by atoms with van der Waals surface area (Å²) in [5.74, 6) is -2.67. The number of anilines is 2. The van der Waals surface area contributed by atoms with E-state index >= 15 is 0 Å². The van der Waals surface area contributed by atoms with Gasteiger partial charge in [-0.3, -0.25) is 19.6 Å². The highest BCUT2D eigenvalue weighted by Crippen LogP contribution is 2.41. The molecule has 1 aromatic carbocycles. The largest absolute Gasteiger partial charge is 0.477 e. The van der Waals surface area contributed by atoms with E-state index in [0.717, 1.165) is 32.2 Å². The number of aromatic nitrogens is 4. The number of amides is 2. The van der Waals surface area contributed by atoms with E-state index < -0.39 is 34.9 Å². The Morgan fingerprint density at radius 1 is 1.35 bits per heavy atom. The predicted octanol–water partition coefficient (Wildman–Crippen LogP) is 0.802. The number of benzene rings is 1. The first-order valence-corrected chi connectivity index (χ1v) is 13.1. The van der Waals surface area contributed by atoms with Gasteiger partial charge >= 0.3 is 5.97 Å². The van der Waals surface area contributed by atoms with E-state index in [1.807, 2.05) is 6.07 Å². The zero-order valence-electron chi connectivity index (χ0n) is 18.5. The number of oxime groups is 1. The molecule has 37 heavy (non-hydrogen) atoms. The number of nitrogens with one attached hydrogen (secondary N) is 2. The second-order valence-electron chi connectivity index (χ2n) is 7.71. The molecule has 8 N–H and O–H groups in total. The molecular weight excluding hydrogens is 542 g/mol. The number of thioether (sulfide) groups is 2. The van der Waals surface area contributed by atoms with Crippen LogP contribution in [-0.2, 0) is 14.4 Å². The van der Waals surface area contributed by atoms with E-state index in [9.17, 15) is 24.7 Å². The number of rotatable bonds is 7. The van der Waals surface area contributed by atoms with Crippen molar-refractivity contribution in [3.05, 3.63) is 46.9 Å². The Labute approximate surface area is 220 Å². The van der Waals surface area contributed by atoms with Crippen LogP contribution in [0, 0.1) is 0 Å². The fourth-order valence-corrected chi connectivity index (χ4v) is 6.34. The lowest BCUT2D eigenvalue weighted by atomic mass is 10.0. The highest BCUT2D eigenvalue weighted by molar-refractivity contribution is 8.02. The number of aliphatic carboxylic acids is 1. The molecule has 17 heteroatoms. The Balaban J connectivity index is 1.31. The number of aromatic amines is 1. The summed E-state index contributed by atoms with van der Waals surface area (Å²) in [6.07, 6.45) is 3.27. The number of nitrogens with two attached hydrogens (primary N) is 2. The second-order valence-corrected chi connectivity index (χ2v) is 10.6. The molecule has 2 amide bonds. The first-order valence-electron chi connectivity index (χ1n) is 10.4. The minimum atomic E-state index is -1.27. The van der Waals surface area contributed by atoms with E-state index in [4.69, 9.17) is 11.5 Å². The highest BCUT2D eigenvalue weighted by atomic mass is 32.2. The molecular formula is C20H17N9O5S3. The zero-order valence-corrected chi connectivity index (χ0v) is 20.9. The van der Waals surface area contributed by atoms with Gasteiger partial charge in [0.2, 0.25) is 11.5 Å². The molecule has 190 valence electrons. The smallest absolute Gasteiger partial charge is 0.352 e. The summed E-state index contributed by atoms with van der Waals surface area (Å²) in [5.41, 5.74) is 12.7. The summed E-state index contributed by atoms with van der Waals surface area (Å²) >= 11 is 3.43. The van der Waals surface area contributed by atoms with Crippen LogP contribution in [0.2, 0.25) is 0 Å². The normalized spacial score (nSPS) is 19.8. The lowest BCUT2D eigenvalue weighted by Crippen LogP contribution is -2.71. The molecule has 0 unspecified atom stereocenters. The number of fused-ring (bicyclic) bond motifs is 2. The Kier molecular flexibility index (Phi) is 6.48. The number of carboxylic acids is 1. The molecule has 2 aliphatic rings. The number of hydrogen-bond donors (Lipinski definition) is 6. The number of carbonyl (C=O) groups is 3. The number of carboxylic acid groups (broad SMARTS) is 1. The number of β-lactam (4-membered cyclic amide) rings is 1. The van der Waals surface area contributed by atoms with E-state index in [2.05, 4.69) is 30.0 Å². The Bertz CT molecular complexity index is 1530. The van der Waals surface area contributed by atoms with Crippen LogP contribution in [0.15, 0.2) is 51.1 Å². The minimum absolute atomic E-state index is 0.0676. The molecule has 2 atom stereocenters. The highest BCUT2D eigenvalue weighted by Gasteiger charge is 2.54. The quantitative estimate of drug-likeness (QED) is 0.0590. The molecule has 0 saturated carbocycles. The molecule has 3 aromatic rings. The van der Waals surface area contributed by atoms with Crippen LogP contribution >= 0.6 is 35.1 Å². The number of allylic oxidation sites excluding steroid dienone is 1. The SMILES string of the molecule is Nc1nc(/C(=N\O)C(=O)N[C@@H]2C(=O)N3C(C(=O)O)=C(/C=C/Sc4cc(N)c5cn[nH]c5c4)CS[C@H]23)ns1. The van der Waals surface area contributed by atoms with Gasteiger partial charge in [-0.1, -0.05) is 16.9 Å². The van der Waals surface area contributed by atoms with Crippen LogP contribution < -0.4 is 16.8 Å². The van der Waals surface area contributed by atoms with E-state index in [1.165, 1.54) is 23.5 Å². The molecule has 2 aromatic heterocycles. The van der Waals surface area contributed by atoms with Gasteiger partial charge in [0, 0.05) is 33.3 Å². The van der Waals surface area contributed by atoms with Crippen LogP contribution in [0.4, 0.5) is 10.8 Å². The first kappa shape index (κ1) is 24.6. The maximum Gasteiger partial charge on any atom is 0.352 e. The summed E-state index contributed by atoms with van der Waals surface area (Å²) in [5, 5.41) is 33.2. The summed E-state index contributed by atoms with van der Waals surface area (Å²) < 4.78 is 3.82. The van der Waals surface area contributed by atoms with Gasteiger partial charge in [-0.15, -0.1) is 11.8 Å². The number of nitrogens with zero attached hydrogens (tertiary/aromatic N) is 5. The molecule has 4 heterocycles. The van der Waals surface area contributed by atoms with Crippen molar-refractivity contribution in [2.45, 2.75) is 16.3 Å². The maximum atomic E-state index is 12.9. The van der Waals surface area contributed by atoms with Gasteiger partial charge in [0.25, 0.3) is 11.8 Å². The van der Waals surface area contributed by atoms with Crippen LogP contribution in [-0.4, -0.2) is 75.4 Å². The fraction of sp³-hybridized carbons (Fsp3) is 0.150. The van der Waals surface area contributed by atoms with Gasteiger partial charge in [0.05, 0.1) is 11.7 Å². The number of H-pyrrole nitrogens is 1. The second kappa shape index (κ2) is 9.75. The lowest BCUT2D eigenvalue weighted by molar-refractivity contribution is -0.150. The van der Waals surface area contributed by atoms with E-state index in [1.54, 1.807) is 23.7 Å². The van der Waals surface area contributed by atoms with E-state index in [-0.39, 0.29) is 22.4 Å². The maximum absolute atomic E-state index is 12.9. The molecule has 5 rings (SSSR count). The number of nitrogen functional groups attached to an aromatic ring is 2. The van der Waals surface area contributed by atoms with Crippen molar-refractivity contribution in [1.29, 1.82) is 0 Å². The van der Waals surface area contributed by atoms with Gasteiger partial charge in [0.1, 0.15) is 17.1 Å². The van der Waals surface area contributed by atoms with Crippen molar-refractivity contribution >= 4 is 80.3 Å². The molecule has 1 fully saturated rings. The van der Waals surface area contributed by atoms with Gasteiger partial charge in [-0.05, 0) is 29.2 Å². The average molecular weight is 560 g/mol. The first-order chi connectivity index (χ1) is 17.8. The molecule has 0 radical (unpaired) electrons. The van der Waals surface area contributed by atoms with Crippen molar-refractivity contribution in [3.8, 4) is 0 Å². The van der Waals surface area contributed by atoms with Gasteiger partial charge in [-0.25, -0.2) is 4.79 Å². The monoisotopic (exact) mass is 559 g/mol. The van der Waals surface area contributed by atoms with E-state index in [0.29, 0.717) is 11.3 Å². The van der Waals surface area contributed by atoms with Crippen molar-refractivity contribution < 1.29 is 24.7 Å². The fourth-order valence-electron chi connectivity index (χ4n) is 3.82. The minimum Gasteiger partial charge on any atom is -0.477 e. The van der Waals surface area contributed by atoms with Crippen molar-refractivity contribution in [2.75, 3.05) is 17.2 Å². The van der Waals surface area contributed by atoms with Gasteiger partial charge in [-0.2, -0.15) is 14.5 Å².